The molecule has 1 aliphatic rings. The molecule has 9 heteroatoms. The van der Waals surface area contributed by atoms with Gasteiger partial charge in [-0.25, -0.2) is 13.2 Å². The van der Waals surface area contributed by atoms with Gasteiger partial charge in [0.2, 0.25) is 17.7 Å². The van der Waals surface area contributed by atoms with Gasteiger partial charge >= 0.3 is 0 Å². The highest BCUT2D eigenvalue weighted by Gasteiger charge is 2.27. The Morgan fingerprint density at radius 3 is 2.34 bits per heavy atom. The lowest BCUT2D eigenvalue weighted by atomic mass is 9.96. The first-order chi connectivity index (χ1) is 15.3. The van der Waals surface area contributed by atoms with E-state index in [1.165, 1.54) is 6.08 Å². The van der Waals surface area contributed by atoms with E-state index < -0.39 is 35.6 Å². The molecule has 0 atom stereocenters. The van der Waals surface area contributed by atoms with Gasteiger partial charge in [-0.1, -0.05) is 30.3 Å². The number of nitrogens with one attached hydrogen (secondary N) is 2. The van der Waals surface area contributed by atoms with Gasteiger partial charge in [0, 0.05) is 25.1 Å². The summed E-state index contributed by atoms with van der Waals surface area (Å²) in [6, 6.07) is 11.0. The number of carbonyl (C=O) groups excluding carboxylic acids is 3. The Bertz CT molecular complexity index is 1020. The number of anilines is 1. The third-order valence-corrected chi connectivity index (χ3v) is 5.13. The highest BCUT2D eigenvalue weighted by Crippen LogP contribution is 2.20. The van der Waals surface area contributed by atoms with Crippen LogP contribution in [-0.4, -0.2) is 42.3 Å². The van der Waals surface area contributed by atoms with Gasteiger partial charge in [0.1, 0.15) is 0 Å². The molecular weight excluding hydrogens is 423 g/mol. The molecule has 0 saturated carbocycles. The lowest BCUT2D eigenvalue weighted by Gasteiger charge is -2.30. The molecule has 2 N–H and O–H groups in total. The predicted octanol–water partition coefficient (Wildman–Crippen LogP) is 3.11. The SMILES string of the molecule is O=C(CNC(=O)C1CCN(C(=O)C=Cc2ccccc2)CC1)Nc1ccc(F)c(F)c1F. The zero-order valence-electron chi connectivity index (χ0n) is 17.1. The molecule has 3 rings (SSSR count). The molecule has 1 aliphatic heterocycles. The van der Waals surface area contributed by atoms with E-state index in [2.05, 4.69) is 10.6 Å². The highest BCUT2D eigenvalue weighted by molar-refractivity contribution is 5.95. The van der Waals surface area contributed by atoms with Crippen molar-refractivity contribution >= 4 is 29.5 Å². The van der Waals surface area contributed by atoms with Crippen LogP contribution in [0.15, 0.2) is 48.5 Å². The molecular formula is C23H22F3N3O3. The molecule has 6 nitrogen and oxygen atoms in total. The highest BCUT2D eigenvalue weighted by atomic mass is 19.2. The standard InChI is InChI=1S/C23H22F3N3O3/c24-17-7-8-18(22(26)21(17)25)28-19(30)14-27-23(32)16-10-12-29(13-11-16)20(31)9-6-15-4-2-1-3-5-15/h1-9,16H,10-14H2,(H,27,32)(H,28,30). The van der Waals surface area contributed by atoms with Gasteiger partial charge in [-0.15, -0.1) is 0 Å². The molecule has 1 heterocycles. The average molecular weight is 445 g/mol. The fraction of sp³-hybridized carbons (Fsp3) is 0.261. The second-order valence-corrected chi connectivity index (χ2v) is 7.33. The van der Waals surface area contributed by atoms with Crippen molar-refractivity contribution < 1.29 is 27.6 Å². The number of amides is 3. The number of likely N-dealkylation sites (tertiary alicyclic amines) is 1. The number of hydrogen-bond donors (Lipinski definition) is 2. The quantitative estimate of drug-likeness (QED) is 0.530. The zero-order valence-corrected chi connectivity index (χ0v) is 17.1. The molecule has 0 unspecified atom stereocenters. The predicted molar refractivity (Wildman–Crippen MR) is 113 cm³/mol. The fourth-order valence-electron chi connectivity index (χ4n) is 3.33. The van der Waals surface area contributed by atoms with E-state index in [-0.39, 0.29) is 17.7 Å². The van der Waals surface area contributed by atoms with Crippen LogP contribution in [0.3, 0.4) is 0 Å². The van der Waals surface area contributed by atoms with Crippen LogP contribution < -0.4 is 10.6 Å². The zero-order chi connectivity index (χ0) is 23.1. The van der Waals surface area contributed by atoms with Gasteiger partial charge in [0.15, 0.2) is 17.5 Å². The monoisotopic (exact) mass is 445 g/mol. The number of piperidine rings is 1. The van der Waals surface area contributed by atoms with E-state index in [9.17, 15) is 27.6 Å². The van der Waals surface area contributed by atoms with E-state index in [0.29, 0.717) is 32.0 Å². The van der Waals surface area contributed by atoms with Crippen LogP contribution >= 0.6 is 0 Å². The number of halogens is 3. The second kappa shape index (κ2) is 10.6. The molecule has 2 aromatic carbocycles. The second-order valence-electron chi connectivity index (χ2n) is 7.33. The summed E-state index contributed by atoms with van der Waals surface area (Å²) in [7, 11) is 0. The number of carbonyl (C=O) groups is 3. The van der Waals surface area contributed by atoms with Crippen LogP contribution in [-0.2, 0) is 14.4 Å². The van der Waals surface area contributed by atoms with Gasteiger partial charge in [-0.3, -0.25) is 14.4 Å². The Morgan fingerprint density at radius 2 is 1.66 bits per heavy atom. The smallest absolute Gasteiger partial charge is 0.246 e. The minimum atomic E-state index is -1.69. The van der Waals surface area contributed by atoms with Crippen LogP contribution in [0.25, 0.3) is 6.08 Å². The van der Waals surface area contributed by atoms with Crippen molar-refractivity contribution in [3.05, 3.63) is 71.6 Å². The summed E-state index contributed by atoms with van der Waals surface area (Å²) in [5.74, 6) is -6.21. The molecule has 0 aromatic heterocycles. The summed E-state index contributed by atoms with van der Waals surface area (Å²) >= 11 is 0. The number of benzene rings is 2. The summed E-state index contributed by atoms with van der Waals surface area (Å²) in [5.41, 5.74) is 0.398. The Balaban J connectivity index is 1.42. The summed E-state index contributed by atoms with van der Waals surface area (Å²) in [6.45, 7) is 0.362. The van der Waals surface area contributed by atoms with Crippen LogP contribution in [0.1, 0.15) is 18.4 Å². The van der Waals surface area contributed by atoms with Crippen LogP contribution in [0.4, 0.5) is 18.9 Å². The van der Waals surface area contributed by atoms with Crippen molar-refractivity contribution in [2.45, 2.75) is 12.8 Å². The average Bonchev–Trinajstić information content (AvgIpc) is 2.82. The maximum Gasteiger partial charge on any atom is 0.246 e. The lowest BCUT2D eigenvalue weighted by Crippen LogP contribution is -2.44. The van der Waals surface area contributed by atoms with E-state index in [0.717, 1.165) is 11.6 Å². The van der Waals surface area contributed by atoms with Gasteiger partial charge in [0.05, 0.1) is 12.2 Å². The summed E-state index contributed by atoms with van der Waals surface area (Å²) in [4.78, 5) is 38.2. The van der Waals surface area contributed by atoms with E-state index in [1.807, 2.05) is 30.3 Å². The molecule has 32 heavy (non-hydrogen) atoms. The van der Waals surface area contributed by atoms with Gasteiger partial charge in [-0.05, 0) is 36.6 Å². The van der Waals surface area contributed by atoms with Crippen molar-refractivity contribution in [1.82, 2.24) is 10.2 Å². The van der Waals surface area contributed by atoms with Crippen molar-refractivity contribution in [2.75, 3.05) is 25.0 Å². The largest absolute Gasteiger partial charge is 0.347 e. The molecule has 1 saturated heterocycles. The Morgan fingerprint density at radius 1 is 0.969 bits per heavy atom. The number of rotatable bonds is 6. The van der Waals surface area contributed by atoms with Crippen molar-refractivity contribution in [3.8, 4) is 0 Å². The maximum atomic E-state index is 13.6. The molecule has 0 aliphatic carbocycles. The number of hydrogen-bond acceptors (Lipinski definition) is 3. The molecule has 2 aromatic rings. The van der Waals surface area contributed by atoms with E-state index >= 15 is 0 Å². The third-order valence-electron chi connectivity index (χ3n) is 5.13. The van der Waals surface area contributed by atoms with Crippen LogP contribution in [0.5, 0.6) is 0 Å². The first-order valence-corrected chi connectivity index (χ1v) is 10.1. The fourth-order valence-corrected chi connectivity index (χ4v) is 3.33. The molecule has 1 fully saturated rings. The van der Waals surface area contributed by atoms with Gasteiger partial charge in [-0.2, -0.15) is 0 Å². The van der Waals surface area contributed by atoms with Crippen molar-refractivity contribution in [1.29, 1.82) is 0 Å². The molecule has 0 spiro atoms. The number of nitrogens with zero attached hydrogens (tertiary/aromatic N) is 1. The maximum absolute atomic E-state index is 13.6. The van der Waals surface area contributed by atoms with E-state index in [1.54, 1.807) is 11.0 Å². The molecule has 0 bridgehead atoms. The Hall–Kier alpha value is -3.62. The van der Waals surface area contributed by atoms with Gasteiger partial charge in [0.25, 0.3) is 0 Å². The van der Waals surface area contributed by atoms with Crippen LogP contribution in [0.2, 0.25) is 0 Å². The summed E-state index contributed by atoms with van der Waals surface area (Å²) < 4.78 is 39.8. The van der Waals surface area contributed by atoms with Crippen molar-refractivity contribution in [3.63, 3.8) is 0 Å². The van der Waals surface area contributed by atoms with E-state index in [4.69, 9.17) is 0 Å². The first-order valence-electron chi connectivity index (χ1n) is 10.1. The molecule has 3 amide bonds. The molecule has 168 valence electrons. The first kappa shape index (κ1) is 23.1. The minimum absolute atomic E-state index is 0.138. The molecule has 0 radical (unpaired) electrons. The van der Waals surface area contributed by atoms with Gasteiger partial charge < -0.3 is 15.5 Å². The minimum Gasteiger partial charge on any atom is -0.347 e. The topological polar surface area (TPSA) is 78.5 Å². The Labute approximate surface area is 183 Å². The normalized spacial score (nSPS) is 14.4. The third kappa shape index (κ3) is 5.96. The Kier molecular flexibility index (Phi) is 7.64. The lowest BCUT2D eigenvalue weighted by molar-refractivity contribution is -0.132. The summed E-state index contributed by atoms with van der Waals surface area (Å²) in [6.07, 6.45) is 4.11. The van der Waals surface area contributed by atoms with Crippen molar-refractivity contribution in [2.24, 2.45) is 5.92 Å². The van der Waals surface area contributed by atoms with Crippen LogP contribution in [0, 0.1) is 23.4 Å². The summed E-state index contributed by atoms with van der Waals surface area (Å²) in [5, 5.41) is 4.54.